The highest BCUT2D eigenvalue weighted by Crippen LogP contribution is 2.34. The van der Waals surface area contributed by atoms with Gasteiger partial charge in [0, 0.05) is 19.7 Å². The Kier molecular flexibility index (Phi) is 6.46. The number of ether oxygens (including phenoxy) is 2. The number of piperidine rings is 1. The van der Waals surface area contributed by atoms with Crippen LogP contribution in [0.2, 0.25) is 0 Å². The highest BCUT2D eigenvalue weighted by Gasteiger charge is 2.41. The Morgan fingerprint density at radius 2 is 1.93 bits per heavy atom. The lowest BCUT2D eigenvalue weighted by Crippen LogP contribution is -2.44. The average molecular weight is 386 g/mol. The second kappa shape index (κ2) is 8.82. The van der Waals surface area contributed by atoms with Gasteiger partial charge in [-0.3, -0.25) is 0 Å². The lowest BCUT2D eigenvalue weighted by atomic mass is 9.96. The summed E-state index contributed by atoms with van der Waals surface area (Å²) in [6, 6.07) is 6.66. The molecule has 1 N–H and O–H groups in total. The number of halogens is 3. The highest BCUT2D eigenvalue weighted by atomic mass is 19.4. The average Bonchev–Trinajstić information content (AvgIpc) is 2.67. The predicted molar refractivity (Wildman–Crippen MR) is 94.9 cm³/mol. The summed E-state index contributed by atoms with van der Waals surface area (Å²) < 4.78 is 49.7. The molecule has 0 spiro atoms. The molecule has 2 fully saturated rings. The van der Waals surface area contributed by atoms with Crippen molar-refractivity contribution in [2.45, 2.75) is 44.4 Å². The smallest absolute Gasteiger partial charge is 0.391 e. The van der Waals surface area contributed by atoms with E-state index < -0.39 is 18.1 Å². The van der Waals surface area contributed by atoms with E-state index in [0.717, 1.165) is 25.9 Å². The second-order valence-electron chi connectivity index (χ2n) is 7.03. The number of carbonyl (C=O) groups is 1. The lowest BCUT2D eigenvalue weighted by Gasteiger charge is -2.33. The van der Waals surface area contributed by atoms with Crippen molar-refractivity contribution in [3.05, 3.63) is 24.3 Å². The van der Waals surface area contributed by atoms with Crippen molar-refractivity contribution in [2.75, 3.05) is 31.6 Å². The Balaban J connectivity index is 1.53. The Morgan fingerprint density at radius 1 is 1.19 bits per heavy atom. The van der Waals surface area contributed by atoms with Gasteiger partial charge in [0.25, 0.3) is 0 Å². The number of anilines is 1. The largest absolute Gasteiger partial charge is 0.489 e. The Morgan fingerprint density at radius 3 is 2.59 bits per heavy atom. The van der Waals surface area contributed by atoms with Gasteiger partial charge in [0.1, 0.15) is 12.4 Å². The van der Waals surface area contributed by atoms with Crippen molar-refractivity contribution in [3.63, 3.8) is 0 Å². The molecule has 2 amide bonds. The number of amides is 2. The molecular weight excluding hydrogens is 361 g/mol. The van der Waals surface area contributed by atoms with Crippen LogP contribution in [-0.4, -0.2) is 49.5 Å². The van der Waals surface area contributed by atoms with Gasteiger partial charge in [-0.25, -0.2) is 4.79 Å². The molecule has 0 aliphatic carbocycles. The van der Waals surface area contributed by atoms with Gasteiger partial charge in [-0.15, -0.1) is 0 Å². The molecule has 1 aromatic carbocycles. The number of hydrogen-bond donors (Lipinski definition) is 1. The van der Waals surface area contributed by atoms with Gasteiger partial charge in [-0.2, -0.15) is 13.2 Å². The van der Waals surface area contributed by atoms with E-state index in [2.05, 4.69) is 5.32 Å². The fourth-order valence-electron chi connectivity index (χ4n) is 3.42. The summed E-state index contributed by atoms with van der Waals surface area (Å²) in [5.41, 5.74) is 0.510. The highest BCUT2D eigenvalue weighted by molar-refractivity contribution is 5.91. The molecule has 0 aromatic heterocycles. The summed E-state index contributed by atoms with van der Waals surface area (Å²) in [7, 11) is 0. The quantitative estimate of drug-likeness (QED) is 0.832. The van der Waals surface area contributed by atoms with Gasteiger partial charge < -0.3 is 19.7 Å². The van der Waals surface area contributed by atoms with E-state index >= 15 is 0 Å². The van der Waals surface area contributed by atoms with Crippen molar-refractivity contribution in [1.29, 1.82) is 0 Å². The number of likely N-dealkylation sites (tertiary alicyclic amines) is 1. The summed E-state index contributed by atoms with van der Waals surface area (Å²) in [4.78, 5) is 13.9. The SMILES string of the molecule is O=C(Nc1ccccc1OCC1CCCCO1)N1CCC(C(F)(F)F)CC1. The molecule has 2 heterocycles. The van der Waals surface area contributed by atoms with Crippen molar-refractivity contribution in [3.8, 4) is 5.75 Å². The minimum Gasteiger partial charge on any atom is -0.489 e. The summed E-state index contributed by atoms with van der Waals surface area (Å²) >= 11 is 0. The van der Waals surface area contributed by atoms with Crippen molar-refractivity contribution >= 4 is 11.7 Å². The van der Waals surface area contributed by atoms with Crippen molar-refractivity contribution in [2.24, 2.45) is 5.92 Å². The maximum atomic E-state index is 12.8. The van der Waals surface area contributed by atoms with Gasteiger partial charge in [-0.05, 0) is 44.2 Å². The number of hydrogen-bond acceptors (Lipinski definition) is 3. The van der Waals surface area contributed by atoms with Gasteiger partial charge in [0.2, 0.25) is 0 Å². The molecule has 2 aliphatic heterocycles. The number of para-hydroxylation sites is 2. The zero-order valence-electron chi connectivity index (χ0n) is 15.1. The number of carbonyl (C=O) groups excluding carboxylic acids is 1. The van der Waals surface area contributed by atoms with Gasteiger partial charge in [0.05, 0.1) is 17.7 Å². The summed E-state index contributed by atoms with van der Waals surface area (Å²) in [5, 5.41) is 2.76. The number of rotatable bonds is 4. The fraction of sp³-hybridized carbons (Fsp3) is 0.632. The monoisotopic (exact) mass is 386 g/mol. The van der Waals surface area contributed by atoms with Crippen LogP contribution < -0.4 is 10.1 Å². The molecule has 8 heteroatoms. The van der Waals surface area contributed by atoms with E-state index in [4.69, 9.17) is 9.47 Å². The zero-order valence-corrected chi connectivity index (χ0v) is 15.1. The molecule has 0 radical (unpaired) electrons. The molecule has 2 aliphatic rings. The maximum absolute atomic E-state index is 12.8. The molecule has 2 saturated heterocycles. The molecule has 27 heavy (non-hydrogen) atoms. The van der Waals surface area contributed by atoms with Gasteiger partial charge in [0.15, 0.2) is 0 Å². The topological polar surface area (TPSA) is 50.8 Å². The van der Waals surface area contributed by atoms with Gasteiger partial charge >= 0.3 is 12.2 Å². The number of nitrogens with zero attached hydrogens (tertiary/aromatic N) is 1. The molecular formula is C19H25F3N2O3. The van der Waals surface area contributed by atoms with Crippen LogP contribution in [-0.2, 0) is 4.74 Å². The minimum absolute atomic E-state index is 0.0453. The van der Waals surface area contributed by atoms with Crippen LogP contribution in [0, 0.1) is 5.92 Å². The van der Waals surface area contributed by atoms with Gasteiger partial charge in [-0.1, -0.05) is 12.1 Å². The third-order valence-corrected chi connectivity index (χ3v) is 5.07. The van der Waals surface area contributed by atoms with Crippen LogP contribution in [0.5, 0.6) is 5.75 Å². The molecule has 5 nitrogen and oxygen atoms in total. The molecule has 1 atom stereocenters. The number of benzene rings is 1. The second-order valence-corrected chi connectivity index (χ2v) is 7.03. The summed E-state index contributed by atoms with van der Waals surface area (Å²) in [6.07, 6.45) is -1.15. The van der Waals surface area contributed by atoms with Crippen LogP contribution >= 0.6 is 0 Å². The minimum atomic E-state index is -4.19. The van der Waals surface area contributed by atoms with E-state index in [1.54, 1.807) is 18.2 Å². The zero-order chi connectivity index (χ0) is 19.3. The Hall–Kier alpha value is -1.96. The maximum Gasteiger partial charge on any atom is 0.391 e. The first-order valence-corrected chi connectivity index (χ1v) is 9.39. The molecule has 3 rings (SSSR count). The third kappa shape index (κ3) is 5.51. The van der Waals surface area contributed by atoms with Crippen LogP contribution in [0.25, 0.3) is 0 Å². The van der Waals surface area contributed by atoms with Crippen molar-refractivity contribution < 1.29 is 27.4 Å². The standard InChI is InChI=1S/C19H25F3N2O3/c20-19(21,22)14-8-10-24(11-9-14)18(25)23-16-6-1-2-7-17(16)27-13-15-5-3-4-12-26-15/h1-2,6-7,14-15H,3-5,8-13H2,(H,23,25). The van der Waals surface area contributed by atoms with E-state index in [-0.39, 0.29) is 32.0 Å². The van der Waals surface area contributed by atoms with E-state index in [9.17, 15) is 18.0 Å². The summed E-state index contributed by atoms with van der Waals surface area (Å²) in [6.45, 7) is 1.33. The van der Waals surface area contributed by atoms with Crippen LogP contribution in [0.3, 0.4) is 0 Å². The normalized spacial score (nSPS) is 21.7. The molecule has 1 unspecified atom stereocenters. The predicted octanol–water partition coefficient (Wildman–Crippen LogP) is 4.44. The molecule has 150 valence electrons. The first-order valence-electron chi connectivity index (χ1n) is 9.39. The van der Waals surface area contributed by atoms with E-state index in [0.29, 0.717) is 18.0 Å². The summed E-state index contributed by atoms with van der Waals surface area (Å²) in [5.74, 6) is -0.794. The fourth-order valence-corrected chi connectivity index (χ4v) is 3.42. The number of urea groups is 1. The number of alkyl halides is 3. The van der Waals surface area contributed by atoms with Crippen LogP contribution in [0.1, 0.15) is 32.1 Å². The first kappa shape index (κ1) is 19.8. The third-order valence-electron chi connectivity index (χ3n) is 5.07. The van der Waals surface area contributed by atoms with E-state index in [1.807, 2.05) is 6.07 Å². The van der Waals surface area contributed by atoms with Crippen molar-refractivity contribution in [1.82, 2.24) is 4.90 Å². The lowest BCUT2D eigenvalue weighted by molar-refractivity contribution is -0.183. The van der Waals surface area contributed by atoms with Crippen LogP contribution in [0.15, 0.2) is 24.3 Å². The van der Waals surface area contributed by atoms with E-state index in [1.165, 1.54) is 4.90 Å². The number of nitrogens with one attached hydrogen (secondary N) is 1. The Bertz CT molecular complexity index is 625. The Labute approximate surface area is 156 Å². The molecule has 0 saturated carbocycles. The molecule has 0 bridgehead atoms. The first-order chi connectivity index (χ1) is 12.9. The molecule has 1 aromatic rings. The van der Waals surface area contributed by atoms with Crippen LogP contribution in [0.4, 0.5) is 23.7 Å².